The van der Waals surface area contributed by atoms with Gasteiger partial charge in [-0.3, -0.25) is 9.59 Å². The third-order valence-corrected chi connectivity index (χ3v) is 3.89. The van der Waals surface area contributed by atoms with E-state index in [1.807, 2.05) is 20.8 Å². The molecule has 0 aliphatic carbocycles. The molecule has 1 saturated heterocycles. The zero-order valence-corrected chi connectivity index (χ0v) is 14.4. The van der Waals surface area contributed by atoms with Crippen molar-refractivity contribution in [2.75, 3.05) is 6.54 Å². The van der Waals surface area contributed by atoms with Crippen LogP contribution in [-0.2, 0) is 14.4 Å². The van der Waals surface area contributed by atoms with Crippen LogP contribution >= 0.6 is 0 Å². The first-order valence-corrected chi connectivity index (χ1v) is 7.70. The Labute approximate surface area is 132 Å². The molecule has 6 nitrogen and oxygen atoms in total. The van der Waals surface area contributed by atoms with Crippen molar-refractivity contribution in [3.8, 4) is 0 Å². The normalized spacial score (nSPS) is 20.6. The number of rotatable bonds is 3. The number of amides is 2. The minimum atomic E-state index is -0.986. The molecule has 0 aromatic carbocycles. The monoisotopic (exact) mass is 312 g/mol. The standard InChI is InChI=1S/C16H28N2O4/c1-15(2,3)11(17-14(22)16(4,5)6)12(19)18-9-7-8-10(18)13(20)21/h10-11H,7-9H2,1-6H3,(H,17,22)(H,20,21)/t10-,11+/m0/s1. The molecule has 0 bridgehead atoms. The maximum Gasteiger partial charge on any atom is 0.326 e. The molecule has 2 atom stereocenters. The Kier molecular flexibility index (Phi) is 5.25. The zero-order valence-electron chi connectivity index (χ0n) is 14.4. The molecule has 126 valence electrons. The van der Waals surface area contributed by atoms with Crippen molar-refractivity contribution >= 4 is 17.8 Å². The maximum absolute atomic E-state index is 12.8. The van der Waals surface area contributed by atoms with Crippen molar-refractivity contribution in [3.05, 3.63) is 0 Å². The van der Waals surface area contributed by atoms with E-state index in [9.17, 15) is 19.5 Å². The molecule has 0 saturated carbocycles. The first-order valence-electron chi connectivity index (χ1n) is 7.70. The second-order valence-electron chi connectivity index (χ2n) is 8.05. The Morgan fingerprint density at radius 3 is 2.09 bits per heavy atom. The predicted octanol–water partition coefficient (Wildman–Crippen LogP) is 1.64. The number of carbonyl (C=O) groups is 3. The summed E-state index contributed by atoms with van der Waals surface area (Å²) in [5, 5.41) is 12.1. The van der Waals surface area contributed by atoms with E-state index in [0.29, 0.717) is 19.4 Å². The average molecular weight is 312 g/mol. The molecule has 1 heterocycles. The minimum absolute atomic E-state index is 0.216. The lowest BCUT2D eigenvalue weighted by Crippen LogP contribution is -2.58. The first kappa shape index (κ1) is 18.5. The van der Waals surface area contributed by atoms with Gasteiger partial charge in [0.2, 0.25) is 11.8 Å². The van der Waals surface area contributed by atoms with Gasteiger partial charge in [0.1, 0.15) is 12.1 Å². The molecule has 0 radical (unpaired) electrons. The van der Waals surface area contributed by atoms with E-state index < -0.39 is 28.9 Å². The van der Waals surface area contributed by atoms with E-state index in [4.69, 9.17) is 0 Å². The largest absolute Gasteiger partial charge is 0.480 e. The smallest absolute Gasteiger partial charge is 0.326 e. The zero-order chi connectivity index (χ0) is 17.3. The summed E-state index contributed by atoms with van der Waals surface area (Å²) >= 11 is 0. The summed E-state index contributed by atoms with van der Waals surface area (Å²) in [7, 11) is 0. The lowest BCUT2D eigenvalue weighted by molar-refractivity contribution is -0.151. The fraction of sp³-hybridized carbons (Fsp3) is 0.812. The number of nitrogens with one attached hydrogen (secondary N) is 1. The number of hydrogen-bond donors (Lipinski definition) is 2. The second kappa shape index (κ2) is 6.26. The van der Waals surface area contributed by atoms with Crippen LogP contribution in [0, 0.1) is 10.8 Å². The van der Waals surface area contributed by atoms with E-state index >= 15 is 0 Å². The highest BCUT2D eigenvalue weighted by Crippen LogP contribution is 2.27. The second-order valence-corrected chi connectivity index (χ2v) is 8.05. The number of likely N-dealkylation sites (tertiary alicyclic amines) is 1. The van der Waals surface area contributed by atoms with Crippen LogP contribution in [0.25, 0.3) is 0 Å². The highest BCUT2D eigenvalue weighted by molar-refractivity contribution is 5.92. The van der Waals surface area contributed by atoms with Crippen molar-refractivity contribution in [2.24, 2.45) is 10.8 Å². The Bertz CT molecular complexity index is 460. The van der Waals surface area contributed by atoms with Crippen molar-refractivity contribution in [1.29, 1.82) is 0 Å². The third kappa shape index (κ3) is 4.21. The number of carboxylic acid groups (broad SMARTS) is 1. The van der Waals surface area contributed by atoms with Crippen molar-refractivity contribution in [2.45, 2.75) is 66.5 Å². The summed E-state index contributed by atoms with van der Waals surface area (Å²) in [5.41, 5.74) is -1.11. The van der Waals surface area contributed by atoms with Gasteiger partial charge in [0.25, 0.3) is 0 Å². The van der Waals surface area contributed by atoms with E-state index in [-0.39, 0.29) is 11.8 Å². The molecule has 1 rings (SSSR count). The summed E-state index contributed by atoms with van der Waals surface area (Å²) in [6, 6.07) is -1.52. The molecule has 0 spiro atoms. The molecule has 0 unspecified atom stereocenters. The van der Waals surface area contributed by atoms with Gasteiger partial charge in [0, 0.05) is 12.0 Å². The lowest BCUT2D eigenvalue weighted by Gasteiger charge is -2.36. The fourth-order valence-electron chi connectivity index (χ4n) is 2.45. The van der Waals surface area contributed by atoms with Crippen molar-refractivity contribution < 1.29 is 19.5 Å². The Morgan fingerprint density at radius 1 is 1.14 bits per heavy atom. The maximum atomic E-state index is 12.8. The molecule has 2 N–H and O–H groups in total. The SMILES string of the molecule is CC(C)(C)C(=O)N[C@H](C(=O)N1CCC[C@H]1C(=O)O)C(C)(C)C. The van der Waals surface area contributed by atoms with Gasteiger partial charge in [-0.15, -0.1) is 0 Å². The number of nitrogens with zero attached hydrogens (tertiary/aromatic N) is 1. The van der Waals surface area contributed by atoms with Gasteiger partial charge < -0.3 is 15.3 Å². The Hall–Kier alpha value is -1.59. The van der Waals surface area contributed by atoms with Gasteiger partial charge in [0.15, 0.2) is 0 Å². The molecule has 0 aromatic heterocycles. The van der Waals surface area contributed by atoms with E-state index in [0.717, 1.165) is 0 Å². The van der Waals surface area contributed by atoms with Gasteiger partial charge in [-0.25, -0.2) is 4.79 Å². The molecule has 1 aliphatic rings. The lowest BCUT2D eigenvalue weighted by atomic mass is 9.84. The minimum Gasteiger partial charge on any atom is -0.480 e. The van der Waals surface area contributed by atoms with E-state index in [2.05, 4.69) is 5.32 Å². The number of aliphatic carboxylic acids is 1. The van der Waals surface area contributed by atoms with Crippen LogP contribution in [0.2, 0.25) is 0 Å². The van der Waals surface area contributed by atoms with Gasteiger partial charge >= 0.3 is 5.97 Å². The van der Waals surface area contributed by atoms with Crippen LogP contribution in [0.3, 0.4) is 0 Å². The topological polar surface area (TPSA) is 86.7 Å². The van der Waals surface area contributed by atoms with E-state index in [1.165, 1.54) is 4.90 Å². The molecule has 1 aliphatic heterocycles. The molecular weight excluding hydrogens is 284 g/mol. The molecule has 0 aromatic rings. The molecule has 1 fully saturated rings. The number of carbonyl (C=O) groups excluding carboxylic acids is 2. The highest BCUT2D eigenvalue weighted by Gasteiger charge is 2.42. The van der Waals surface area contributed by atoms with Gasteiger partial charge in [-0.2, -0.15) is 0 Å². The van der Waals surface area contributed by atoms with E-state index in [1.54, 1.807) is 20.8 Å². The van der Waals surface area contributed by atoms with Crippen LogP contribution in [0.15, 0.2) is 0 Å². The summed E-state index contributed by atoms with van der Waals surface area (Å²) in [6.45, 7) is 11.4. The van der Waals surface area contributed by atoms with Gasteiger partial charge in [0.05, 0.1) is 0 Å². The van der Waals surface area contributed by atoms with Crippen LogP contribution in [-0.4, -0.2) is 46.4 Å². The number of carboxylic acids is 1. The first-order chi connectivity index (χ1) is 9.85. The molecule has 22 heavy (non-hydrogen) atoms. The van der Waals surface area contributed by atoms with Crippen molar-refractivity contribution in [1.82, 2.24) is 10.2 Å². The quantitative estimate of drug-likeness (QED) is 0.829. The highest BCUT2D eigenvalue weighted by atomic mass is 16.4. The van der Waals surface area contributed by atoms with Crippen molar-refractivity contribution in [3.63, 3.8) is 0 Å². The van der Waals surface area contributed by atoms with Crippen LogP contribution < -0.4 is 5.32 Å². The Morgan fingerprint density at radius 2 is 1.68 bits per heavy atom. The third-order valence-electron chi connectivity index (χ3n) is 3.89. The average Bonchev–Trinajstić information content (AvgIpc) is 2.81. The Balaban J connectivity index is 3.00. The van der Waals surface area contributed by atoms with Gasteiger partial charge in [-0.05, 0) is 18.3 Å². The molecule has 2 amide bonds. The summed E-state index contributed by atoms with van der Waals surface area (Å²) < 4.78 is 0. The van der Waals surface area contributed by atoms with Crippen LogP contribution in [0.5, 0.6) is 0 Å². The predicted molar refractivity (Wildman–Crippen MR) is 83.2 cm³/mol. The van der Waals surface area contributed by atoms with Crippen LogP contribution in [0.1, 0.15) is 54.4 Å². The number of hydrogen-bond acceptors (Lipinski definition) is 3. The summed E-state index contributed by atoms with van der Waals surface area (Å²) in [5.74, 6) is -1.51. The van der Waals surface area contributed by atoms with Gasteiger partial charge in [-0.1, -0.05) is 41.5 Å². The summed E-state index contributed by atoms with van der Waals surface area (Å²) in [6.07, 6.45) is 1.14. The fourth-order valence-corrected chi connectivity index (χ4v) is 2.45. The molecular formula is C16H28N2O4. The van der Waals surface area contributed by atoms with Crippen LogP contribution in [0.4, 0.5) is 0 Å². The molecule has 6 heteroatoms. The summed E-state index contributed by atoms with van der Waals surface area (Å²) in [4.78, 5) is 37.8.